The zero-order valence-electron chi connectivity index (χ0n) is 14.2. The smallest absolute Gasteiger partial charge is 0.338 e. The lowest BCUT2D eigenvalue weighted by molar-refractivity contribution is -0.116. The molecule has 2 aromatic rings. The van der Waals surface area contributed by atoms with Crippen molar-refractivity contribution in [2.24, 2.45) is 0 Å². The second-order valence-corrected chi connectivity index (χ2v) is 6.61. The number of benzene rings is 2. The Bertz CT molecular complexity index is 986. The van der Waals surface area contributed by atoms with Crippen molar-refractivity contribution in [3.8, 4) is 11.5 Å². The van der Waals surface area contributed by atoms with Gasteiger partial charge >= 0.3 is 5.97 Å². The third-order valence-corrected chi connectivity index (χ3v) is 4.77. The number of ether oxygens (including phenoxy) is 3. The number of ketones is 1. The van der Waals surface area contributed by atoms with E-state index in [0.29, 0.717) is 22.7 Å². The summed E-state index contributed by atoms with van der Waals surface area (Å²) in [6, 6.07) is 7.76. The molecule has 0 aliphatic carbocycles. The van der Waals surface area contributed by atoms with E-state index in [1.54, 1.807) is 25.1 Å². The summed E-state index contributed by atoms with van der Waals surface area (Å²) in [6.45, 7) is 1.36. The van der Waals surface area contributed by atoms with Crippen molar-refractivity contribution in [1.82, 2.24) is 0 Å². The minimum absolute atomic E-state index is 0.0279. The molecule has 0 radical (unpaired) electrons. The lowest BCUT2D eigenvalue weighted by Crippen LogP contribution is -2.14. The van der Waals surface area contributed by atoms with Gasteiger partial charge in [-0.1, -0.05) is 11.6 Å². The predicted octanol–water partition coefficient (Wildman–Crippen LogP) is 3.16. The summed E-state index contributed by atoms with van der Waals surface area (Å²) in [5, 5.41) is 2.97. The Balaban J connectivity index is 1.45. The molecule has 1 amide bonds. The lowest BCUT2D eigenvalue weighted by atomic mass is 9.99. The molecule has 7 nitrogen and oxygen atoms in total. The molecule has 4 rings (SSSR count). The van der Waals surface area contributed by atoms with Crippen molar-refractivity contribution in [2.75, 3.05) is 18.7 Å². The summed E-state index contributed by atoms with van der Waals surface area (Å²) in [5.41, 5.74) is 1.97. The fraction of sp³-hybridized carbons (Fsp3) is 0.211. The quantitative estimate of drug-likeness (QED) is 0.640. The highest BCUT2D eigenvalue weighted by Crippen LogP contribution is 2.40. The number of carbonyl (C=O) groups is 3. The van der Waals surface area contributed by atoms with Crippen LogP contribution in [0.3, 0.4) is 0 Å². The van der Waals surface area contributed by atoms with Crippen LogP contribution in [0.5, 0.6) is 11.5 Å². The van der Waals surface area contributed by atoms with Gasteiger partial charge in [-0.05, 0) is 42.8 Å². The molecular weight excluding hydrogens is 374 g/mol. The van der Waals surface area contributed by atoms with Crippen molar-refractivity contribution < 1.29 is 28.6 Å². The maximum absolute atomic E-state index is 12.4. The van der Waals surface area contributed by atoms with Crippen LogP contribution in [0.1, 0.15) is 39.1 Å². The lowest BCUT2D eigenvalue weighted by Gasteiger charge is -2.08. The molecular formula is C19H14ClNO6. The normalized spacial score (nSPS) is 16.7. The fourth-order valence-electron chi connectivity index (χ4n) is 2.97. The van der Waals surface area contributed by atoms with Crippen molar-refractivity contribution in [3.63, 3.8) is 0 Å². The molecule has 1 N–H and O–H groups in total. The van der Waals surface area contributed by atoms with E-state index in [4.69, 9.17) is 25.8 Å². The number of fused-ring (bicyclic) bond motifs is 2. The van der Waals surface area contributed by atoms with E-state index in [1.165, 1.54) is 12.1 Å². The van der Waals surface area contributed by atoms with E-state index in [9.17, 15) is 14.4 Å². The van der Waals surface area contributed by atoms with E-state index in [1.807, 2.05) is 0 Å². The summed E-state index contributed by atoms with van der Waals surface area (Å²) >= 11 is 6.04. The van der Waals surface area contributed by atoms with E-state index in [2.05, 4.69) is 5.32 Å². The number of carbonyl (C=O) groups excluding carboxylic acids is 3. The minimum atomic E-state index is -0.699. The molecule has 0 spiro atoms. The standard InChI is InChI=1S/C19H14ClNO6/c1-9-12-4-10(2-3-14(12)21-18(9)23)15(22)7-25-19(24)11-5-13(20)17-16(6-11)26-8-27-17/h2-6,9H,7-8H2,1H3,(H,21,23)/t9-/m1/s1. The van der Waals surface area contributed by atoms with Crippen molar-refractivity contribution in [1.29, 1.82) is 0 Å². The van der Waals surface area contributed by atoms with Gasteiger partial charge in [0.1, 0.15) is 0 Å². The molecule has 27 heavy (non-hydrogen) atoms. The van der Waals surface area contributed by atoms with Crippen LogP contribution in [0.15, 0.2) is 30.3 Å². The summed E-state index contributed by atoms with van der Waals surface area (Å²) in [7, 11) is 0. The maximum atomic E-state index is 12.4. The number of rotatable bonds is 4. The Hall–Kier alpha value is -3.06. The Kier molecular flexibility index (Phi) is 4.24. The van der Waals surface area contributed by atoms with Crippen LogP contribution in [0.4, 0.5) is 5.69 Å². The zero-order chi connectivity index (χ0) is 19.1. The first-order valence-corrected chi connectivity index (χ1v) is 8.56. The first-order chi connectivity index (χ1) is 12.9. The number of nitrogens with one attached hydrogen (secondary N) is 1. The second kappa shape index (κ2) is 6.59. The van der Waals surface area contributed by atoms with Crippen LogP contribution in [0, 0.1) is 0 Å². The van der Waals surface area contributed by atoms with Gasteiger partial charge in [0.2, 0.25) is 12.7 Å². The van der Waals surface area contributed by atoms with Crippen LogP contribution >= 0.6 is 11.6 Å². The third-order valence-electron chi connectivity index (χ3n) is 4.49. The largest absolute Gasteiger partial charge is 0.454 e. The van der Waals surface area contributed by atoms with E-state index >= 15 is 0 Å². The molecule has 0 saturated carbocycles. The van der Waals surface area contributed by atoms with Gasteiger partial charge in [-0.3, -0.25) is 9.59 Å². The average Bonchev–Trinajstić information content (AvgIpc) is 3.24. The monoisotopic (exact) mass is 387 g/mol. The molecule has 2 aliphatic rings. The Morgan fingerprint density at radius 3 is 2.85 bits per heavy atom. The van der Waals surface area contributed by atoms with Gasteiger partial charge in [0, 0.05) is 11.3 Å². The Morgan fingerprint density at radius 1 is 1.22 bits per heavy atom. The number of anilines is 1. The van der Waals surface area contributed by atoms with E-state index in [0.717, 1.165) is 5.56 Å². The molecule has 8 heteroatoms. The third kappa shape index (κ3) is 3.10. The number of Topliss-reactive ketones (excluding diaryl/α,β-unsaturated/α-hetero) is 1. The zero-order valence-corrected chi connectivity index (χ0v) is 15.0. The molecule has 2 heterocycles. The number of halogens is 1. The second-order valence-electron chi connectivity index (χ2n) is 6.20. The molecule has 0 bridgehead atoms. The predicted molar refractivity (Wildman–Crippen MR) is 95.7 cm³/mol. The van der Waals surface area contributed by atoms with Crippen molar-refractivity contribution >= 4 is 34.9 Å². The van der Waals surface area contributed by atoms with Crippen molar-refractivity contribution in [2.45, 2.75) is 12.8 Å². The highest BCUT2D eigenvalue weighted by molar-refractivity contribution is 6.32. The van der Waals surface area contributed by atoms with Gasteiger partial charge in [-0.2, -0.15) is 0 Å². The number of esters is 1. The average molecular weight is 388 g/mol. The topological polar surface area (TPSA) is 90.9 Å². The minimum Gasteiger partial charge on any atom is -0.454 e. The van der Waals surface area contributed by atoms with Crippen LogP contribution in [0.2, 0.25) is 5.02 Å². The summed E-state index contributed by atoms with van der Waals surface area (Å²) < 4.78 is 15.5. The van der Waals surface area contributed by atoms with Gasteiger partial charge < -0.3 is 19.5 Å². The van der Waals surface area contributed by atoms with E-state index in [-0.39, 0.29) is 35.0 Å². The summed E-state index contributed by atoms with van der Waals surface area (Å²) in [5.74, 6) is -0.781. The molecule has 2 aromatic carbocycles. The van der Waals surface area contributed by atoms with Crippen LogP contribution in [-0.2, 0) is 9.53 Å². The Morgan fingerprint density at radius 2 is 2.04 bits per heavy atom. The number of amides is 1. The highest BCUT2D eigenvalue weighted by Gasteiger charge is 2.27. The molecule has 0 unspecified atom stereocenters. The first-order valence-electron chi connectivity index (χ1n) is 8.18. The van der Waals surface area contributed by atoms with Gasteiger partial charge in [0.15, 0.2) is 23.9 Å². The van der Waals surface area contributed by atoms with Gasteiger partial charge in [0.05, 0.1) is 16.5 Å². The molecule has 0 saturated heterocycles. The SMILES string of the molecule is C[C@H]1C(=O)Nc2ccc(C(=O)COC(=O)c3cc(Cl)c4c(c3)OCO4)cc21. The number of hydrogen-bond donors (Lipinski definition) is 1. The molecule has 0 aromatic heterocycles. The van der Waals surface area contributed by atoms with Crippen molar-refractivity contribution in [3.05, 3.63) is 52.0 Å². The molecule has 0 fully saturated rings. The highest BCUT2D eigenvalue weighted by atomic mass is 35.5. The van der Waals surface area contributed by atoms with Gasteiger partial charge in [-0.25, -0.2) is 4.79 Å². The van der Waals surface area contributed by atoms with Gasteiger partial charge in [0.25, 0.3) is 0 Å². The van der Waals surface area contributed by atoms with Gasteiger partial charge in [-0.15, -0.1) is 0 Å². The first kappa shape index (κ1) is 17.4. The van der Waals surface area contributed by atoms with E-state index < -0.39 is 12.6 Å². The van der Waals surface area contributed by atoms with Crippen LogP contribution < -0.4 is 14.8 Å². The summed E-state index contributed by atoms with van der Waals surface area (Å²) in [6.07, 6.45) is 0. The molecule has 138 valence electrons. The number of hydrogen-bond acceptors (Lipinski definition) is 6. The fourth-order valence-corrected chi connectivity index (χ4v) is 3.24. The van der Waals surface area contributed by atoms with Crippen LogP contribution in [-0.4, -0.2) is 31.1 Å². The van der Waals surface area contributed by atoms with Crippen LogP contribution in [0.25, 0.3) is 0 Å². The maximum Gasteiger partial charge on any atom is 0.338 e. The summed E-state index contributed by atoms with van der Waals surface area (Å²) in [4.78, 5) is 36.3. The molecule has 1 atom stereocenters. The molecule has 2 aliphatic heterocycles. The Labute approximate surface area is 159 Å².